The molecule has 0 aliphatic carbocycles. The second kappa shape index (κ2) is 11.2. The van der Waals surface area contributed by atoms with Crippen molar-refractivity contribution in [2.24, 2.45) is 11.7 Å². The van der Waals surface area contributed by atoms with Crippen molar-refractivity contribution in [3.05, 3.63) is 54.1 Å². The lowest BCUT2D eigenvalue weighted by molar-refractivity contribution is -0.140. The summed E-state index contributed by atoms with van der Waals surface area (Å²) in [5, 5.41) is 16.3. The van der Waals surface area contributed by atoms with Crippen LogP contribution in [0.4, 0.5) is 5.69 Å². The van der Waals surface area contributed by atoms with Crippen LogP contribution in [0.5, 0.6) is 0 Å². The van der Waals surface area contributed by atoms with E-state index in [2.05, 4.69) is 47.5 Å². The molecule has 1 unspecified atom stereocenters. The van der Waals surface area contributed by atoms with Gasteiger partial charge in [0.2, 0.25) is 0 Å². The van der Waals surface area contributed by atoms with Crippen molar-refractivity contribution < 1.29 is 9.90 Å². The van der Waals surface area contributed by atoms with E-state index in [1.54, 1.807) is 0 Å². The summed E-state index contributed by atoms with van der Waals surface area (Å²) in [7, 11) is 0. The third kappa shape index (κ3) is 7.07. The number of thiol groups is 1. The van der Waals surface area contributed by atoms with Gasteiger partial charge < -0.3 is 16.2 Å². The van der Waals surface area contributed by atoms with Gasteiger partial charge in [0.25, 0.3) is 0 Å². The molecule has 0 saturated heterocycles. The molecule has 0 amide bonds. The lowest BCUT2D eigenvalue weighted by Gasteiger charge is -2.24. The molecule has 0 spiro atoms. The van der Waals surface area contributed by atoms with Gasteiger partial charge in [-0.25, -0.2) is 0 Å². The van der Waals surface area contributed by atoms with Crippen LogP contribution >= 0.6 is 12.6 Å². The molecule has 2 rings (SSSR count). The van der Waals surface area contributed by atoms with E-state index in [-0.39, 0.29) is 12.1 Å². The first-order chi connectivity index (χ1) is 13.8. The van der Waals surface area contributed by atoms with Gasteiger partial charge in [0, 0.05) is 30.1 Å². The van der Waals surface area contributed by atoms with Gasteiger partial charge in [0.15, 0.2) is 0 Å². The van der Waals surface area contributed by atoms with E-state index >= 15 is 0 Å². The van der Waals surface area contributed by atoms with E-state index < -0.39 is 12.0 Å². The summed E-state index contributed by atoms with van der Waals surface area (Å²) in [6.07, 6.45) is 0.585. The molecule has 0 fully saturated rings. The Morgan fingerprint density at radius 3 is 2.41 bits per heavy atom. The minimum atomic E-state index is -0.814. The minimum absolute atomic E-state index is 0.0221. The van der Waals surface area contributed by atoms with Crippen LogP contribution in [-0.4, -0.2) is 35.5 Å². The fourth-order valence-electron chi connectivity index (χ4n) is 3.33. The van der Waals surface area contributed by atoms with Crippen molar-refractivity contribution in [3.8, 4) is 11.1 Å². The monoisotopic (exact) mass is 415 g/mol. The Labute approximate surface area is 179 Å². The van der Waals surface area contributed by atoms with Crippen molar-refractivity contribution in [2.45, 2.75) is 45.3 Å². The van der Waals surface area contributed by atoms with Gasteiger partial charge in [-0.2, -0.15) is 12.6 Å². The molecule has 0 bridgehead atoms. The second-order valence-electron chi connectivity index (χ2n) is 7.90. The number of nitrogens with one attached hydrogen (secondary N) is 2. The zero-order chi connectivity index (χ0) is 21.4. The highest BCUT2D eigenvalue weighted by Crippen LogP contribution is 2.31. The second-order valence-corrected chi connectivity index (χ2v) is 8.27. The molecule has 0 saturated carbocycles. The highest BCUT2D eigenvalue weighted by Gasteiger charge is 2.23. The molecule has 0 heterocycles. The third-order valence-electron chi connectivity index (χ3n) is 4.86. The number of carbonyl (C=O) groups is 1. The molecule has 29 heavy (non-hydrogen) atoms. The normalized spacial score (nSPS) is 14.4. The molecule has 0 aromatic heterocycles. The molecule has 0 aliphatic heterocycles. The summed E-state index contributed by atoms with van der Waals surface area (Å²) in [4.78, 5) is 11.7. The van der Waals surface area contributed by atoms with Crippen LogP contribution in [0.2, 0.25) is 0 Å². The van der Waals surface area contributed by atoms with Gasteiger partial charge in [-0.15, -0.1) is 0 Å². The maximum atomic E-state index is 11.7. The number of anilines is 1. The highest BCUT2D eigenvalue weighted by molar-refractivity contribution is 7.80. The molecule has 2 aromatic carbocycles. The first kappa shape index (κ1) is 23.3. The molecular weight excluding hydrogens is 382 g/mol. The van der Waals surface area contributed by atoms with Crippen LogP contribution in [0.25, 0.3) is 11.1 Å². The van der Waals surface area contributed by atoms with Gasteiger partial charge in [-0.3, -0.25) is 10.1 Å². The van der Waals surface area contributed by atoms with Crippen molar-refractivity contribution in [1.82, 2.24) is 5.32 Å². The number of carboxylic acid groups (broad SMARTS) is 1. The molecule has 6 heteroatoms. The summed E-state index contributed by atoms with van der Waals surface area (Å²) in [6.45, 7) is 6.73. The van der Waals surface area contributed by atoms with Gasteiger partial charge in [-0.05, 0) is 48.1 Å². The topological polar surface area (TPSA) is 87.4 Å². The summed E-state index contributed by atoms with van der Waals surface area (Å²) in [5.41, 5.74) is 10.2. The predicted octanol–water partition coefficient (Wildman–Crippen LogP) is 4.17. The summed E-state index contributed by atoms with van der Waals surface area (Å²) < 4.78 is 0. The van der Waals surface area contributed by atoms with E-state index in [9.17, 15) is 9.90 Å². The van der Waals surface area contributed by atoms with Crippen molar-refractivity contribution in [1.29, 1.82) is 0 Å². The first-order valence-electron chi connectivity index (χ1n) is 10.1. The van der Waals surface area contributed by atoms with Crippen molar-refractivity contribution in [3.63, 3.8) is 0 Å². The van der Waals surface area contributed by atoms with E-state index in [1.165, 1.54) is 0 Å². The fourth-order valence-corrected chi connectivity index (χ4v) is 3.46. The number of hydrogen-bond donors (Lipinski definition) is 5. The maximum Gasteiger partial charge on any atom is 0.320 e. The average molecular weight is 416 g/mol. The number of benzene rings is 2. The van der Waals surface area contributed by atoms with Crippen LogP contribution in [0.1, 0.15) is 38.8 Å². The Kier molecular flexibility index (Phi) is 9.01. The number of aliphatic carboxylic acids is 1. The Hall–Kier alpha value is -2.02. The first-order valence-corrected chi connectivity index (χ1v) is 10.7. The van der Waals surface area contributed by atoms with Crippen LogP contribution in [0.3, 0.4) is 0 Å². The molecule has 3 atom stereocenters. The van der Waals surface area contributed by atoms with Gasteiger partial charge in [0.1, 0.15) is 6.04 Å². The van der Waals surface area contributed by atoms with Crippen LogP contribution < -0.4 is 16.4 Å². The van der Waals surface area contributed by atoms with Gasteiger partial charge >= 0.3 is 5.97 Å². The SMILES string of the molecule is CC(C)C[C@H](NC(C)c1ccc(NC[C@@H](N)CS)cc1-c1ccccc1)C(=O)O. The van der Waals surface area contributed by atoms with E-state index in [1.807, 2.05) is 45.0 Å². The zero-order valence-electron chi connectivity index (χ0n) is 17.4. The molecule has 5 nitrogen and oxygen atoms in total. The predicted molar refractivity (Wildman–Crippen MR) is 125 cm³/mol. The van der Waals surface area contributed by atoms with Crippen LogP contribution in [0, 0.1) is 5.92 Å². The summed E-state index contributed by atoms with van der Waals surface area (Å²) in [5.74, 6) is 0.0992. The quantitative estimate of drug-likeness (QED) is 0.356. The van der Waals surface area contributed by atoms with E-state index in [0.717, 1.165) is 22.4 Å². The molecule has 5 N–H and O–H groups in total. The molecular formula is C23H33N3O2S. The van der Waals surface area contributed by atoms with Crippen LogP contribution in [0.15, 0.2) is 48.5 Å². The Balaban J connectivity index is 2.33. The van der Waals surface area contributed by atoms with Gasteiger partial charge in [-0.1, -0.05) is 50.2 Å². The Morgan fingerprint density at radius 1 is 1.14 bits per heavy atom. The molecule has 0 aliphatic rings. The minimum Gasteiger partial charge on any atom is -0.480 e. The average Bonchev–Trinajstić information content (AvgIpc) is 2.71. The Morgan fingerprint density at radius 2 is 1.83 bits per heavy atom. The number of nitrogens with two attached hydrogens (primary N) is 1. The number of hydrogen-bond acceptors (Lipinski definition) is 5. The molecule has 0 radical (unpaired) electrons. The molecule has 2 aromatic rings. The van der Waals surface area contributed by atoms with Crippen molar-refractivity contribution >= 4 is 24.3 Å². The standard InChI is InChI=1S/C23H33N3O2S/c1-15(2)11-22(23(27)28)26-16(3)20-10-9-19(25-13-18(24)14-29)12-21(20)17-7-5-4-6-8-17/h4-10,12,15-16,18,22,25-26,29H,11,13-14,24H2,1-3H3,(H,27,28)/t16?,18-,22+/m1/s1. The smallest absolute Gasteiger partial charge is 0.320 e. The van der Waals surface area contributed by atoms with Crippen LogP contribution in [-0.2, 0) is 4.79 Å². The highest BCUT2D eigenvalue weighted by atomic mass is 32.1. The summed E-state index contributed by atoms with van der Waals surface area (Å²) in [6, 6.07) is 15.6. The third-order valence-corrected chi connectivity index (χ3v) is 5.33. The van der Waals surface area contributed by atoms with E-state index in [0.29, 0.717) is 24.6 Å². The van der Waals surface area contributed by atoms with Gasteiger partial charge in [0.05, 0.1) is 0 Å². The lowest BCUT2D eigenvalue weighted by atomic mass is 9.93. The zero-order valence-corrected chi connectivity index (χ0v) is 18.3. The molecule has 158 valence electrons. The lowest BCUT2D eigenvalue weighted by Crippen LogP contribution is -2.39. The van der Waals surface area contributed by atoms with Crippen molar-refractivity contribution in [2.75, 3.05) is 17.6 Å². The maximum absolute atomic E-state index is 11.7. The fraction of sp³-hybridized carbons (Fsp3) is 0.435. The largest absolute Gasteiger partial charge is 0.480 e. The summed E-state index contributed by atoms with van der Waals surface area (Å²) >= 11 is 4.23. The Bertz CT molecular complexity index is 783. The van der Waals surface area contributed by atoms with E-state index in [4.69, 9.17) is 5.73 Å². The number of carboxylic acids is 1. The number of rotatable bonds is 11.